The third-order valence-electron chi connectivity index (χ3n) is 2.76. The second kappa shape index (κ2) is 7.82. The summed E-state index contributed by atoms with van der Waals surface area (Å²) in [5.41, 5.74) is 0.368. The van der Waals surface area contributed by atoms with E-state index in [9.17, 15) is 9.59 Å². The van der Waals surface area contributed by atoms with Crippen LogP contribution >= 0.6 is 23.2 Å². The Morgan fingerprint density at radius 3 is 2.55 bits per heavy atom. The van der Waals surface area contributed by atoms with Crippen molar-refractivity contribution in [1.82, 2.24) is 5.32 Å². The number of esters is 1. The molecule has 0 radical (unpaired) electrons. The number of amides is 1. The lowest BCUT2D eigenvalue weighted by Crippen LogP contribution is -2.27. The van der Waals surface area contributed by atoms with E-state index in [0.717, 1.165) is 0 Å². The van der Waals surface area contributed by atoms with Crippen LogP contribution < -0.4 is 10.1 Å². The number of carbonyl (C=O) groups excluding carboxylic acids is 2. The molecule has 2 aromatic rings. The Morgan fingerprint density at radius 1 is 1.05 bits per heavy atom. The van der Waals surface area contributed by atoms with Crippen LogP contribution in [0.1, 0.15) is 16.8 Å². The molecule has 6 heteroatoms. The average molecular weight is 338 g/mol. The number of carbonyl (C=O) groups is 2. The van der Waals surface area contributed by atoms with Gasteiger partial charge in [-0.1, -0.05) is 41.4 Å². The van der Waals surface area contributed by atoms with E-state index in [2.05, 4.69) is 5.32 Å². The van der Waals surface area contributed by atoms with Gasteiger partial charge in [-0.2, -0.15) is 0 Å². The minimum Gasteiger partial charge on any atom is -0.426 e. The standard InChI is InChI=1S/C16H13Cl2NO3/c17-11-4-3-5-12(10-11)22-15(20)8-9-19-16(21)13-6-1-2-7-14(13)18/h1-7,10H,8-9H2,(H,19,21). The first-order chi connectivity index (χ1) is 10.6. The largest absolute Gasteiger partial charge is 0.426 e. The maximum atomic E-state index is 11.9. The number of rotatable bonds is 5. The van der Waals surface area contributed by atoms with E-state index in [-0.39, 0.29) is 18.9 Å². The van der Waals surface area contributed by atoms with Gasteiger partial charge in [0.15, 0.2) is 0 Å². The Labute approximate surface area is 138 Å². The summed E-state index contributed by atoms with van der Waals surface area (Å²) in [6.45, 7) is 0.156. The second-order valence-electron chi connectivity index (χ2n) is 4.42. The molecule has 0 heterocycles. The molecule has 0 saturated heterocycles. The summed E-state index contributed by atoms with van der Waals surface area (Å²) in [6.07, 6.45) is 0.0444. The van der Waals surface area contributed by atoms with Crippen molar-refractivity contribution in [2.24, 2.45) is 0 Å². The van der Waals surface area contributed by atoms with Crippen LogP contribution in [0.2, 0.25) is 10.0 Å². The van der Waals surface area contributed by atoms with Gasteiger partial charge in [-0.25, -0.2) is 0 Å². The molecule has 0 aromatic heterocycles. The fourth-order valence-electron chi connectivity index (χ4n) is 1.73. The SMILES string of the molecule is O=C(CCNC(=O)c1ccccc1Cl)Oc1cccc(Cl)c1. The highest BCUT2D eigenvalue weighted by atomic mass is 35.5. The van der Waals surface area contributed by atoms with Gasteiger partial charge in [0.2, 0.25) is 0 Å². The summed E-state index contributed by atoms with van der Waals surface area (Å²) in [5.74, 6) is -0.419. The van der Waals surface area contributed by atoms with Crippen molar-refractivity contribution in [3.05, 3.63) is 64.1 Å². The van der Waals surface area contributed by atoms with Crippen LogP contribution in [0.5, 0.6) is 5.75 Å². The van der Waals surface area contributed by atoms with Crippen molar-refractivity contribution in [3.8, 4) is 5.75 Å². The van der Waals surface area contributed by atoms with E-state index in [1.165, 1.54) is 0 Å². The summed E-state index contributed by atoms with van der Waals surface area (Å²) in [5, 5.41) is 3.46. The minimum absolute atomic E-state index is 0.0444. The fourth-order valence-corrected chi connectivity index (χ4v) is 2.13. The molecule has 0 bridgehead atoms. The Bertz CT molecular complexity index is 689. The lowest BCUT2D eigenvalue weighted by Gasteiger charge is -2.07. The van der Waals surface area contributed by atoms with Gasteiger partial charge in [-0.05, 0) is 30.3 Å². The molecular weight excluding hydrogens is 325 g/mol. The molecule has 4 nitrogen and oxygen atoms in total. The van der Waals surface area contributed by atoms with Crippen LogP contribution in [0.15, 0.2) is 48.5 Å². The van der Waals surface area contributed by atoms with Gasteiger partial charge in [-0.15, -0.1) is 0 Å². The Balaban J connectivity index is 1.80. The number of hydrogen-bond acceptors (Lipinski definition) is 3. The molecule has 1 N–H and O–H groups in total. The maximum absolute atomic E-state index is 11.9. The first-order valence-corrected chi connectivity index (χ1v) is 7.31. The normalized spacial score (nSPS) is 10.1. The van der Waals surface area contributed by atoms with Crippen molar-refractivity contribution in [2.75, 3.05) is 6.54 Å². The molecule has 114 valence electrons. The number of ether oxygens (including phenoxy) is 1. The third kappa shape index (κ3) is 4.76. The van der Waals surface area contributed by atoms with Crippen LogP contribution in [0.4, 0.5) is 0 Å². The van der Waals surface area contributed by atoms with Gasteiger partial charge < -0.3 is 10.1 Å². The lowest BCUT2D eigenvalue weighted by molar-refractivity contribution is -0.134. The Kier molecular flexibility index (Phi) is 5.81. The summed E-state index contributed by atoms with van der Waals surface area (Å²) in [6, 6.07) is 13.2. The van der Waals surface area contributed by atoms with E-state index in [0.29, 0.717) is 21.4 Å². The van der Waals surface area contributed by atoms with Gasteiger partial charge in [0.25, 0.3) is 5.91 Å². The Morgan fingerprint density at radius 2 is 1.82 bits per heavy atom. The maximum Gasteiger partial charge on any atom is 0.312 e. The van der Waals surface area contributed by atoms with Gasteiger partial charge in [0.05, 0.1) is 17.0 Å². The van der Waals surface area contributed by atoms with Crippen LogP contribution in [-0.2, 0) is 4.79 Å². The highest BCUT2D eigenvalue weighted by Crippen LogP contribution is 2.17. The number of nitrogens with one attached hydrogen (secondary N) is 1. The molecular formula is C16H13Cl2NO3. The molecule has 0 aliphatic rings. The predicted octanol–water partition coefficient (Wildman–Crippen LogP) is 3.72. The van der Waals surface area contributed by atoms with E-state index in [1.807, 2.05) is 0 Å². The summed E-state index contributed by atoms with van der Waals surface area (Å²) < 4.78 is 5.11. The number of halogens is 2. The zero-order valence-corrected chi connectivity index (χ0v) is 13.0. The first-order valence-electron chi connectivity index (χ1n) is 6.55. The van der Waals surface area contributed by atoms with Crippen LogP contribution in [0, 0.1) is 0 Å². The first kappa shape index (κ1) is 16.3. The highest BCUT2D eigenvalue weighted by Gasteiger charge is 2.10. The third-order valence-corrected chi connectivity index (χ3v) is 3.33. The van der Waals surface area contributed by atoms with Crippen LogP contribution in [0.25, 0.3) is 0 Å². The van der Waals surface area contributed by atoms with E-state index in [4.69, 9.17) is 27.9 Å². The average Bonchev–Trinajstić information content (AvgIpc) is 2.47. The van der Waals surface area contributed by atoms with E-state index in [1.54, 1.807) is 48.5 Å². The van der Waals surface area contributed by atoms with Crippen LogP contribution in [0.3, 0.4) is 0 Å². The molecule has 2 rings (SSSR count). The minimum atomic E-state index is -0.457. The molecule has 0 unspecified atom stereocenters. The summed E-state index contributed by atoms with van der Waals surface area (Å²) >= 11 is 11.7. The van der Waals surface area contributed by atoms with E-state index < -0.39 is 5.97 Å². The van der Waals surface area contributed by atoms with Gasteiger partial charge in [0, 0.05) is 11.6 Å². The number of benzene rings is 2. The molecule has 0 aliphatic carbocycles. The molecule has 0 saturated carbocycles. The summed E-state index contributed by atoms with van der Waals surface area (Å²) in [4.78, 5) is 23.6. The predicted molar refractivity (Wildman–Crippen MR) is 85.5 cm³/mol. The fraction of sp³-hybridized carbons (Fsp3) is 0.125. The van der Waals surface area contributed by atoms with Gasteiger partial charge >= 0.3 is 5.97 Å². The quantitative estimate of drug-likeness (QED) is 0.668. The Hall–Kier alpha value is -2.04. The monoisotopic (exact) mass is 337 g/mol. The van der Waals surface area contributed by atoms with E-state index >= 15 is 0 Å². The van der Waals surface area contributed by atoms with Gasteiger partial charge in [0.1, 0.15) is 5.75 Å². The molecule has 22 heavy (non-hydrogen) atoms. The van der Waals surface area contributed by atoms with Crippen LogP contribution in [-0.4, -0.2) is 18.4 Å². The van der Waals surface area contributed by atoms with Crippen molar-refractivity contribution < 1.29 is 14.3 Å². The van der Waals surface area contributed by atoms with Crippen molar-refractivity contribution >= 4 is 35.1 Å². The zero-order chi connectivity index (χ0) is 15.9. The summed E-state index contributed by atoms with van der Waals surface area (Å²) in [7, 11) is 0. The van der Waals surface area contributed by atoms with Crippen molar-refractivity contribution in [1.29, 1.82) is 0 Å². The number of hydrogen-bond donors (Lipinski definition) is 1. The lowest BCUT2D eigenvalue weighted by atomic mass is 10.2. The smallest absolute Gasteiger partial charge is 0.312 e. The zero-order valence-electron chi connectivity index (χ0n) is 11.5. The molecule has 0 aliphatic heterocycles. The molecule has 0 spiro atoms. The van der Waals surface area contributed by atoms with Crippen molar-refractivity contribution in [3.63, 3.8) is 0 Å². The highest BCUT2D eigenvalue weighted by molar-refractivity contribution is 6.33. The van der Waals surface area contributed by atoms with Crippen molar-refractivity contribution in [2.45, 2.75) is 6.42 Å². The molecule has 2 aromatic carbocycles. The topological polar surface area (TPSA) is 55.4 Å². The van der Waals surface area contributed by atoms with Gasteiger partial charge in [-0.3, -0.25) is 9.59 Å². The molecule has 0 fully saturated rings. The molecule has 1 amide bonds. The second-order valence-corrected chi connectivity index (χ2v) is 5.26. The molecule has 0 atom stereocenters.